The molecular weight excluding hydrogens is 223 g/mol. The van der Waals surface area contributed by atoms with Crippen molar-refractivity contribution in [1.29, 1.82) is 0 Å². The molecule has 0 unspecified atom stereocenters. The molecule has 1 saturated heterocycles. The van der Waals surface area contributed by atoms with E-state index in [9.17, 15) is 4.39 Å². The first kappa shape index (κ1) is 11.7. The molecule has 1 heterocycles. The highest BCUT2D eigenvalue weighted by atomic mass is 19.1. The molecule has 0 aromatic heterocycles. The van der Waals surface area contributed by atoms with Gasteiger partial charge >= 0.3 is 0 Å². The number of anilines is 1. The number of halogens is 1. The Hall–Kier alpha value is -1.82. The van der Waals surface area contributed by atoms with Crippen LogP contribution in [0.25, 0.3) is 0 Å². The summed E-state index contributed by atoms with van der Waals surface area (Å²) in [5.41, 5.74) is 11.4. The van der Waals surface area contributed by atoms with E-state index >= 15 is 0 Å². The Labute approximate surface area is 98.9 Å². The van der Waals surface area contributed by atoms with Crippen molar-refractivity contribution in [2.45, 2.75) is 0 Å². The Kier molecular flexibility index (Phi) is 3.43. The molecule has 17 heavy (non-hydrogen) atoms. The topological polar surface area (TPSA) is 76.9 Å². The number of ether oxygens (including phenoxy) is 1. The lowest BCUT2D eigenvalue weighted by Gasteiger charge is -2.29. The Morgan fingerprint density at radius 3 is 2.59 bits per heavy atom. The lowest BCUT2D eigenvalue weighted by Crippen LogP contribution is -2.36. The summed E-state index contributed by atoms with van der Waals surface area (Å²) in [6, 6.07) is 4.69. The van der Waals surface area contributed by atoms with Crippen molar-refractivity contribution in [2.24, 2.45) is 16.5 Å². The van der Waals surface area contributed by atoms with Crippen LogP contribution in [0.2, 0.25) is 0 Å². The third kappa shape index (κ3) is 2.85. The van der Waals surface area contributed by atoms with Gasteiger partial charge in [-0.05, 0) is 12.1 Å². The molecule has 1 aromatic carbocycles. The van der Waals surface area contributed by atoms with Crippen LogP contribution in [0.3, 0.4) is 0 Å². The average Bonchev–Trinajstić information content (AvgIpc) is 2.29. The van der Waals surface area contributed by atoms with Crippen LogP contribution in [0.4, 0.5) is 15.8 Å². The SMILES string of the molecule is NC(N)=Nc1ccc(N2CCOCC2)c(F)c1. The fraction of sp³-hybridized carbons (Fsp3) is 0.364. The lowest BCUT2D eigenvalue weighted by molar-refractivity contribution is 0.122. The number of morpholine rings is 1. The smallest absolute Gasteiger partial charge is 0.191 e. The van der Waals surface area contributed by atoms with E-state index in [-0.39, 0.29) is 11.8 Å². The summed E-state index contributed by atoms with van der Waals surface area (Å²) in [7, 11) is 0. The monoisotopic (exact) mass is 238 g/mol. The summed E-state index contributed by atoms with van der Waals surface area (Å²) < 4.78 is 19.1. The third-order valence-electron chi connectivity index (χ3n) is 2.54. The number of nitrogens with two attached hydrogens (primary N) is 2. The quantitative estimate of drug-likeness (QED) is 0.583. The van der Waals surface area contributed by atoms with Gasteiger partial charge in [-0.2, -0.15) is 0 Å². The summed E-state index contributed by atoms with van der Waals surface area (Å²) in [6.45, 7) is 2.63. The maximum absolute atomic E-state index is 13.9. The van der Waals surface area contributed by atoms with E-state index in [2.05, 4.69) is 4.99 Å². The molecule has 1 aromatic rings. The molecule has 0 atom stereocenters. The van der Waals surface area contributed by atoms with Crippen molar-refractivity contribution in [1.82, 2.24) is 0 Å². The molecule has 0 amide bonds. The largest absolute Gasteiger partial charge is 0.378 e. The van der Waals surface area contributed by atoms with Crippen LogP contribution in [-0.2, 0) is 4.74 Å². The zero-order valence-corrected chi connectivity index (χ0v) is 9.40. The van der Waals surface area contributed by atoms with Crippen molar-refractivity contribution >= 4 is 17.3 Å². The van der Waals surface area contributed by atoms with Gasteiger partial charge in [0.25, 0.3) is 0 Å². The molecule has 5 nitrogen and oxygen atoms in total. The molecule has 0 aliphatic carbocycles. The van der Waals surface area contributed by atoms with Crippen LogP contribution in [0, 0.1) is 5.82 Å². The summed E-state index contributed by atoms with van der Waals surface area (Å²) >= 11 is 0. The summed E-state index contributed by atoms with van der Waals surface area (Å²) in [6.07, 6.45) is 0. The Morgan fingerprint density at radius 2 is 2.00 bits per heavy atom. The normalized spacial score (nSPS) is 15.7. The predicted molar refractivity (Wildman–Crippen MR) is 64.9 cm³/mol. The molecule has 0 saturated carbocycles. The Balaban J connectivity index is 2.21. The molecule has 6 heteroatoms. The van der Waals surface area contributed by atoms with Gasteiger partial charge in [0.05, 0.1) is 24.6 Å². The molecule has 1 aliphatic rings. The fourth-order valence-corrected chi connectivity index (χ4v) is 1.78. The lowest BCUT2D eigenvalue weighted by atomic mass is 10.2. The van der Waals surface area contributed by atoms with Crippen LogP contribution in [0.15, 0.2) is 23.2 Å². The van der Waals surface area contributed by atoms with Crippen molar-refractivity contribution in [3.05, 3.63) is 24.0 Å². The molecular formula is C11H15FN4O. The predicted octanol–water partition coefficient (Wildman–Crippen LogP) is 0.567. The van der Waals surface area contributed by atoms with Crippen molar-refractivity contribution < 1.29 is 9.13 Å². The molecule has 4 N–H and O–H groups in total. The maximum Gasteiger partial charge on any atom is 0.191 e. The minimum atomic E-state index is -0.325. The highest BCUT2D eigenvalue weighted by Gasteiger charge is 2.15. The number of aliphatic imine (C=N–C) groups is 1. The molecule has 2 rings (SSSR count). The Morgan fingerprint density at radius 1 is 1.29 bits per heavy atom. The van der Waals surface area contributed by atoms with Gasteiger partial charge in [0.2, 0.25) is 0 Å². The standard InChI is InChI=1S/C11H15FN4O/c12-9-7-8(15-11(13)14)1-2-10(9)16-3-5-17-6-4-16/h1-2,7H,3-6H2,(H4,13,14,15). The Bertz CT molecular complexity index is 425. The van der Waals surface area contributed by atoms with E-state index in [0.29, 0.717) is 37.7 Å². The minimum absolute atomic E-state index is 0.0801. The number of nitrogens with zero attached hydrogens (tertiary/aromatic N) is 2. The third-order valence-corrected chi connectivity index (χ3v) is 2.54. The minimum Gasteiger partial charge on any atom is -0.378 e. The van der Waals surface area contributed by atoms with Gasteiger partial charge in [0, 0.05) is 19.2 Å². The van der Waals surface area contributed by atoms with E-state index in [1.165, 1.54) is 6.07 Å². The maximum atomic E-state index is 13.9. The molecule has 1 aliphatic heterocycles. The number of rotatable bonds is 2. The van der Waals surface area contributed by atoms with Crippen LogP contribution < -0.4 is 16.4 Å². The van der Waals surface area contributed by atoms with Gasteiger partial charge in [0.1, 0.15) is 5.82 Å². The first-order valence-electron chi connectivity index (χ1n) is 5.38. The van der Waals surface area contributed by atoms with E-state index < -0.39 is 0 Å². The number of benzene rings is 1. The van der Waals surface area contributed by atoms with Crippen LogP contribution in [-0.4, -0.2) is 32.3 Å². The first-order valence-corrected chi connectivity index (χ1v) is 5.38. The molecule has 0 spiro atoms. The molecule has 1 fully saturated rings. The van der Waals surface area contributed by atoms with E-state index in [0.717, 1.165) is 0 Å². The molecule has 0 bridgehead atoms. The van der Waals surface area contributed by atoms with Crippen LogP contribution in [0.5, 0.6) is 0 Å². The fourth-order valence-electron chi connectivity index (χ4n) is 1.78. The highest BCUT2D eigenvalue weighted by Crippen LogP contribution is 2.24. The van der Waals surface area contributed by atoms with Gasteiger partial charge in [-0.1, -0.05) is 0 Å². The van der Waals surface area contributed by atoms with Crippen LogP contribution in [0.1, 0.15) is 0 Å². The zero-order chi connectivity index (χ0) is 12.3. The van der Waals surface area contributed by atoms with Gasteiger partial charge in [-0.25, -0.2) is 9.38 Å². The van der Waals surface area contributed by atoms with E-state index in [1.807, 2.05) is 4.90 Å². The number of hydrogen-bond donors (Lipinski definition) is 2. The summed E-state index contributed by atoms with van der Waals surface area (Å²) in [5, 5.41) is 0. The molecule has 0 radical (unpaired) electrons. The van der Waals surface area contributed by atoms with E-state index in [1.54, 1.807) is 12.1 Å². The number of guanidine groups is 1. The average molecular weight is 238 g/mol. The second-order valence-electron chi connectivity index (χ2n) is 3.77. The van der Waals surface area contributed by atoms with Crippen molar-refractivity contribution in [3.8, 4) is 0 Å². The van der Waals surface area contributed by atoms with Gasteiger partial charge in [-0.15, -0.1) is 0 Å². The van der Waals surface area contributed by atoms with Crippen molar-refractivity contribution in [2.75, 3.05) is 31.2 Å². The molecule has 92 valence electrons. The second-order valence-corrected chi connectivity index (χ2v) is 3.77. The van der Waals surface area contributed by atoms with Gasteiger partial charge < -0.3 is 21.1 Å². The van der Waals surface area contributed by atoms with Crippen molar-refractivity contribution in [3.63, 3.8) is 0 Å². The summed E-state index contributed by atoms with van der Waals surface area (Å²) in [4.78, 5) is 5.74. The zero-order valence-electron chi connectivity index (χ0n) is 9.40. The second kappa shape index (κ2) is 5.01. The van der Waals surface area contributed by atoms with Crippen LogP contribution >= 0.6 is 0 Å². The van der Waals surface area contributed by atoms with Gasteiger partial charge in [-0.3, -0.25) is 0 Å². The van der Waals surface area contributed by atoms with E-state index in [4.69, 9.17) is 16.2 Å². The number of hydrogen-bond acceptors (Lipinski definition) is 3. The first-order chi connectivity index (χ1) is 8.16. The highest BCUT2D eigenvalue weighted by molar-refractivity contribution is 5.79. The van der Waals surface area contributed by atoms with Gasteiger partial charge in [0.15, 0.2) is 5.96 Å². The summed E-state index contributed by atoms with van der Waals surface area (Å²) in [5.74, 6) is -0.405.